The highest BCUT2D eigenvalue weighted by molar-refractivity contribution is 8.00. The minimum atomic E-state index is -0.569. The molecule has 0 bridgehead atoms. The normalized spacial score (nSPS) is 25.3. The second-order valence-electron chi connectivity index (χ2n) is 5.10. The highest BCUT2D eigenvalue weighted by Gasteiger charge is 2.28. The van der Waals surface area contributed by atoms with Gasteiger partial charge in [0.05, 0.1) is 6.10 Å². The van der Waals surface area contributed by atoms with E-state index in [2.05, 4.69) is 12.2 Å². The number of halogens is 1. The average molecular weight is 269 g/mol. The lowest BCUT2D eigenvalue weighted by Gasteiger charge is -2.24. The van der Waals surface area contributed by atoms with Crippen LogP contribution in [-0.2, 0) is 0 Å². The molecular formula is C14H20FNOS. The zero-order valence-electron chi connectivity index (χ0n) is 10.7. The summed E-state index contributed by atoms with van der Waals surface area (Å²) in [6.45, 7) is 3.69. The highest BCUT2D eigenvalue weighted by atomic mass is 32.2. The van der Waals surface area contributed by atoms with Gasteiger partial charge in [-0.25, -0.2) is 4.39 Å². The molecule has 100 valence electrons. The Hall–Kier alpha value is -0.580. The lowest BCUT2D eigenvalue weighted by atomic mass is 10.1. The molecule has 0 radical (unpaired) electrons. The molecule has 1 heterocycles. The lowest BCUT2D eigenvalue weighted by Crippen LogP contribution is -2.35. The Kier molecular flexibility index (Phi) is 4.65. The van der Waals surface area contributed by atoms with Gasteiger partial charge in [0.15, 0.2) is 0 Å². The van der Waals surface area contributed by atoms with E-state index in [0.717, 1.165) is 12.1 Å². The third kappa shape index (κ3) is 3.70. The minimum Gasteiger partial charge on any atom is -0.387 e. The van der Waals surface area contributed by atoms with E-state index in [4.69, 9.17) is 0 Å². The van der Waals surface area contributed by atoms with Crippen molar-refractivity contribution >= 4 is 11.8 Å². The van der Waals surface area contributed by atoms with Crippen molar-refractivity contribution in [3.05, 3.63) is 35.6 Å². The molecule has 2 unspecified atom stereocenters. The van der Waals surface area contributed by atoms with Crippen molar-refractivity contribution in [1.29, 1.82) is 0 Å². The Morgan fingerprint density at radius 3 is 2.78 bits per heavy atom. The first-order valence-electron chi connectivity index (χ1n) is 6.37. The van der Waals surface area contributed by atoms with Gasteiger partial charge in [0, 0.05) is 17.8 Å². The molecule has 4 heteroatoms. The molecule has 1 aliphatic rings. The van der Waals surface area contributed by atoms with Crippen molar-refractivity contribution < 1.29 is 9.50 Å². The van der Waals surface area contributed by atoms with Crippen LogP contribution in [0.1, 0.15) is 31.4 Å². The van der Waals surface area contributed by atoms with Gasteiger partial charge in [-0.1, -0.05) is 12.1 Å². The molecule has 2 rings (SSSR count). The fourth-order valence-corrected chi connectivity index (χ4v) is 3.53. The zero-order valence-corrected chi connectivity index (χ0v) is 11.5. The summed E-state index contributed by atoms with van der Waals surface area (Å²) in [5.74, 6) is 0.965. The Bertz CT molecular complexity index is 376. The van der Waals surface area contributed by atoms with Crippen LogP contribution in [0.4, 0.5) is 4.39 Å². The van der Waals surface area contributed by atoms with Crippen molar-refractivity contribution in [2.45, 2.75) is 30.6 Å². The van der Waals surface area contributed by atoms with Crippen LogP contribution in [0.2, 0.25) is 0 Å². The molecule has 1 fully saturated rings. The number of aliphatic hydroxyl groups is 1. The Morgan fingerprint density at radius 1 is 1.44 bits per heavy atom. The molecule has 2 nitrogen and oxygen atoms in total. The summed E-state index contributed by atoms with van der Waals surface area (Å²) in [4.78, 5) is 0. The SMILES string of the molecule is CC1(CNCC(O)c2ccc(F)cc2)CCCS1. The van der Waals surface area contributed by atoms with Gasteiger partial charge >= 0.3 is 0 Å². The van der Waals surface area contributed by atoms with E-state index in [0.29, 0.717) is 11.3 Å². The molecule has 18 heavy (non-hydrogen) atoms. The molecule has 1 aliphatic heterocycles. The maximum atomic E-state index is 12.8. The van der Waals surface area contributed by atoms with Crippen molar-refractivity contribution in [2.24, 2.45) is 0 Å². The molecule has 1 aromatic carbocycles. The van der Waals surface area contributed by atoms with Gasteiger partial charge in [0.25, 0.3) is 0 Å². The van der Waals surface area contributed by atoms with Gasteiger partial charge < -0.3 is 10.4 Å². The van der Waals surface area contributed by atoms with Crippen molar-refractivity contribution in [3.8, 4) is 0 Å². The standard InChI is InChI=1S/C14H20FNOS/c1-14(7-2-8-18-14)10-16-9-13(17)11-3-5-12(15)6-4-11/h3-6,13,16-17H,2,7-10H2,1H3. The largest absolute Gasteiger partial charge is 0.387 e. The summed E-state index contributed by atoms with van der Waals surface area (Å²) in [5.41, 5.74) is 0.758. The van der Waals surface area contributed by atoms with Crippen LogP contribution in [0.3, 0.4) is 0 Å². The van der Waals surface area contributed by atoms with E-state index >= 15 is 0 Å². The summed E-state index contributed by atoms with van der Waals surface area (Å²) >= 11 is 2.00. The van der Waals surface area contributed by atoms with Crippen LogP contribution in [0, 0.1) is 5.82 Å². The number of rotatable bonds is 5. The molecule has 0 saturated carbocycles. The second kappa shape index (κ2) is 6.04. The number of hydrogen-bond donors (Lipinski definition) is 2. The molecule has 2 N–H and O–H groups in total. The number of hydrogen-bond acceptors (Lipinski definition) is 3. The van der Waals surface area contributed by atoms with Gasteiger partial charge in [-0.15, -0.1) is 0 Å². The van der Waals surface area contributed by atoms with Gasteiger partial charge in [0.2, 0.25) is 0 Å². The van der Waals surface area contributed by atoms with Crippen LogP contribution >= 0.6 is 11.8 Å². The van der Waals surface area contributed by atoms with Crippen LogP contribution in [0.25, 0.3) is 0 Å². The van der Waals surface area contributed by atoms with Crippen LogP contribution in [-0.4, -0.2) is 28.7 Å². The molecular weight excluding hydrogens is 249 g/mol. The fourth-order valence-electron chi connectivity index (χ4n) is 2.25. The van der Waals surface area contributed by atoms with Gasteiger partial charge in [-0.3, -0.25) is 0 Å². The predicted octanol–water partition coefficient (Wildman–Crippen LogP) is 2.73. The molecule has 0 aliphatic carbocycles. The zero-order chi connectivity index (χ0) is 13.0. The molecule has 0 spiro atoms. The Balaban J connectivity index is 1.77. The smallest absolute Gasteiger partial charge is 0.123 e. The number of nitrogens with one attached hydrogen (secondary N) is 1. The van der Waals surface area contributed by atoms with Gasteiger partial charge in [0.1, 0.15) is 5.82 Å². The number of aliphatic hydroxyl groups excluding tert-OH is 1. The van der Waals surface area contributed by atoms with E-state index < -0.39 is 6.10 Å². The fraction of sp³-hybridized carbons (Fsp3) is 0.571. The first-order valence-corrected chi connectivity index (χ1v) is 7.36. The summed E-state index contributed by atoms with van der Waals surface area (Å²) in [6, 6.07) is 6.03. The quantitative estimate of drug-likeness (QED) is 0.862. The molecule has 1 aromatic rings. The van der Waals surface area contributed by atoms with E-state index in [9.17, 15) is 9.50 Å². The van der Waals surface area contributed by atoms with E-state index in [1.165, 1.54) is 30.7 Å². The Morgan fingerprint density at radius 2 is 2.17 bits per heavy atom. The van der Waals surface area contributed by atoms with Crippen molar-refractivity contribution in [1.82, 2.24) is 5.32 Å². The van der Waals surface area contributed by atoms with E-state index in [-0.39, 0.29) is 5.82 Å². The first kappa shape index (κ1) is 13.8. The molecule has 1 saturated heterocycles. The first-order chi connectivity index (χ1) is 8.59. The van der Waals surface area contributed by atoms with Gasteiger partial charge in [-0.2, -0.15) is 11.8 Å². The molecule has 0 amide bonds. The number of thioether (sulfide) groups is 1. The monoisotopic (exact) mass is 269 g/mol. The van der Waals surface area contributed by atoms with Crippen molar-refractivity contribution in [3.63, 3.8) is 0 Å². The van der Waals surface area contributed by atoms with Gasteiger partial charge in [-0.05, 0) is 43.2 Å². The summed E-state index contributed by atoms with van der Waals surface area (Å²) in [5, 5.41) is 13.3. The second-order valence-corrected chi connectivity index (χ2v) is 6.78. The molecule has 0 aromatic heterocycles. The van der Waals surface area contributed by atoms with Crippen LogP contribution < -0.4 is 5.32 Å². The predicted molar refractivity (Wildman–Crippen MR) is 74.3 cm³/mol. The van der Waals surface area contributed by atoms with Crippen LogP contribution in [0.5, 0.6) is 0 Å². The molecule has 2 atom stereocenters. The minimum absolute atomic E-state index is 0.270. The average Bonchev–Trinajstić information content (AvgIpc) is 2.77. The maximum absolute atomic E-state index is 12.8. The van der Waals surface area contributed by atoms with Crippen LogP contribution in [0.15, 0.2) is 24.3 Å². The van der Waals surface area contributed by atoms with Crippen molar-refractivity contribution in [2.75, 3.05) is 18.8 Å². The topological polar surface area (TPSA) is 32.3 Å². The lowest BCUT2D eigenvalue weighted by molar-refractivity contribution is 0.173. The van der Waals surface area contributed by atoms with E-state index in [1.807, 2.05) is 11.8 Å². The maximum Gasteiger partial charge on any atom is 0.123 e. The third-order valence-electron chi connectivity index (χ3n) is 3.39. The van der Waals surface area contributed by atoms with E-state index in [1.54, 1.807) is 12.1 Å². The number of benzene rings is 1. The summed E-state index contributed by atoms with van der Waals surface area (Å²) in [7, 11) is 0. The highest BCUT2D eigenvalue weighted by Crippen LogP contribution is 2.36. The Labute approximate surface area is 112 Å². The third-order valence-corrected chi connectivity index (χ3v) is 4.93. The summed E-state index contributed by atoms with van der Waals surface area (Å²) < 4.78 is 13.1. The summed E-state index contributed by atoms with van der Waals surface area (Å²) in [6.07, 6.45) is 1.95.